The molecule has 0 heterocycles. The minimum atomic E-state index is -1.54. The Hall–Kier alpha value is -2.38. The van der Waals surface area contributed by atoms with Crippen LogP contribution in [0.1, 0.15) is 42.9 Å². The topological polar surface area (TPSA) is 95.9 Å². The first-order chi connectivity index (χ1) is 13.7. The van der Waals surface area contributed by atoms with Gasteiger partial charge in [-0.1, -0.05) is 37.2 Å². The van der Waals surface area contributed by atoms with Crippen molar-refractivity contribution in [2.75, 3.05) is 12.4 Å². The normalized spacial score (nSPS) is 12.7. The second-order valence-electron chi connectivity index (χ2n) is 7.09. The molecule has 0 saturated carbocycles. The van der Waals surface area contributed by atoms with Crippen molar-refractivity contribution < 1.29 is 24.5 Å². The van der Waals surface area contributed by atoms with Crippen LogP contribution >= 0.6 is 23.4 Å². The molecule has 2 aromatic rings. The number of carbonyl (C=O) groups is 2. The molecule has 0 bridgehead atoms. The lowest BCUT2D eigenvalue weighted by Crippen LogP contribution is -2.22. The maximum absolute atomic E-state index is 11.6. The molecule has 0 atom stereocenters. The highest BCUT2D eigenvalue weighted by atomic mass is 35.5. The number of carboxylic acids is 1. The van der Waals surface area contributed by atoms with Gasteiger partial charge >= 0.3 is 11.9 Å². The summed E-state index contributed by atoms with van der Waals surface area (Å²) in [5.74, 6) is -1.76. The molecule has 0 fully saturated rings. The minimum Gasteiger partial charge on any atom is -0.508 e. The zero-order valence-corrected chi connectivity index (χ0v) is 17.9. The first-order valence-corrected chi connectivity index (χ1v) is 10.4. The molecular formula is C21H22ClNO5S. The lowest BCUT2D eigenvalue weighted by atomic mass is 10.0. The Labute approximate surface area is 178 Å². The van der Waals surface area contributed by atoms with E-state index in [2.05, 4.69) is 5.32 Å². The lowest BCUT2D eigenvalue weighted by Gasteiger charge is -2.19. The van der Waals surface area contributed by atoms with Crippen LogP contribution in [0.25, 0.3) is 0 Å². The summed E-state index contributed by atoms with van der Waals surface area (Å²) >= 11 is 7.99. The third-order valence-electron chi connectivity index (χ3n) is 4.88. The van der Waals surface area contributed by atoms with Crippen molar-refractivity contribution in [3.63, 3.8) is 0 Å². The van der Waals surface area contributed by atoms with Gasteiger partial charge in [-0.05, 0) is 54.5 Å². The number of anilines is 1. The molecular weight excluding hydrogens is 414 g/mol. The third kappa shape index (κ3) is 4.16. The van der Waals surface area contributed by atoms with Gasteiger partial charge in [-0.15, -0.1) is 0 Å². The quantitative estimate of drug-likeness (QED) is 0.581. The van der Waals surface area contributed by atoms with Crippen LogP contribution in [0.4, 0.5) is 5.69 Å². The minimum absolute atomic E-state index is 0.0697. The van der Waals surface area contributed by atoms with Crippen LogP contribution in [0.2, 0.25) is 5.02 Å². The van der Waals surface area contributed by atoms with Crippen molar-refractivity contribution >= 4 is 40.9 Å². The maximum Gasteiger partial charge on any atom is 0.394 e. The van der Waals surface area contributed by atoms with Crippen LogP contribution in [-0.4, -0.2) is 29.2 Å². The van der Waals surface area contributed by atoms with Gasteiger partial charge in [0.2, 0.25) is 0 Å². The lowest BCUT2D eigenvalue weighted by molar-refractivity contribution is -0.147. The Morgan fingerprint density at radius 2 is 1.93 bits per heavy atom. The van der Waals surface area contributed by atoms with Crippen LogP contribution in [0.3, 0.4) is 0 Å². The number of aliphatic carboxylic acids is 1. The summed E-state index contributed by atoms with van der Waals surface area (Å²) in [4.78, 5) is 24.2. The Morgan fingerprint density at radius 3 is 2.55 bits per heavy atom. The van der Waals surface area contributed by atoms with Crippen molar-refractivity contribution in [2.45, 2.75) is 48.8 Å². The maximum atomic E-state index is 11.6. The molecule has 8 heteroatoms. The highest BCUT2D eigenvalue weighted by Crippen LogP contribution is 2.48. The second-order valence-corrected chi connectivity index (χ2v) is 8.55. The van der Waals surface area contributed by atoms with E-state index < -0.39 is 11.9 Å². The molecule has 1 aliphatic rings. The fourth-order valence-electron chi connectivity index (χ4n) is 3.64. The van der Waals surface area contributed by atoms with Gasteiger partial charge in [0.05, 0.1) is 17.0 Å². The Morgan fingerprint density at radius 1 is 1.24 bits per heavy atom. The molecule has 3 N–H and O–H groups in total. The van der Waals surface area contributed by atoms with Crippen LogP contribution in [0, 0.1) is 0 Å². The number of benzene rings is 2. The van der Waals surface area contributed by atoms with Crippen molar-refractivity contribution in [3.05, 3.63) is 39.9 Å². The summed E-state index contributed by atoms with van der Waals surface area (Å²) in [6.07, 6.45) is 2.41. The molecule has 0 aromatic heterocycles. The van der Waals surface area contributed by atoms with Gasteiger partial charge in [-0.3, -0.25) is 4.79 Å². The molecule has 0 spiro atoms. The number of nitrogens with one attached hydrogen (secondary N) is 1. The predicted molar refractivity (Wildman–Crippen MR) is 113 cm³/mol. The molecule has 6 nitrogen and oxygen atoms in total. The van der Waals surface area contributed by atoms with Crippen molar-refractivity contribution in [1.29, 1.82) is 0 Å². The number of hydrogen-bond acceptors (Lipinski definition) is 5. The van der Waals surface area contributed by atoms with E-state index in [1.165, 1.54) is 11.8 Å². The van der Waals surface area contributed by atoms with Gasteiger partial charge in [0.15, 0.2) is 0 Å². The molecule has 0 saturated heterocycles. The Bertz CT molecular complexity index is 990. The van der Waals surface area contributed by atoms with Crippen LogP contribution in [0.5, 0.6) is 11.5 Å². The second kappa shape index (κ2) is 8.55. The molecule has 1 amide bonds. The van der Waals surface area contributed by atoms with E-state index in [0.29, 0.717) is 16.5 Å². The van der Waals surface area contributed by atoms with Gasteiger partial charge in [0.1, 0.15) is 11.5 Å². The highest BCUT2D eigenvalue weighted by Gasteiger charge is 2.26. The molecule has 154 valence electrons. The summed E-state index contributed by atoms with van der Waals surface area (Å²) in [5, 5.41) is 22.0. The summed E-state index contributed by atoms with van der Waals surface area (Å²) in [5.41, 5.74) is 3.09. The Kier molecular flexibility index (Phi) is 6.29. The number of carbonyl (C=O) groups excluding carboxylic acids is 1. The number of methoxy groups -OCH3 is 1. The average molecular weight is 436 g/mol. The van der Waals surface area contributed by atoms with Crippen LogP contribution < -0.4 is 10.1 Å². The molecule has 0 radical (unpaired) electrons. The van der Waals surface area contributed by atoms with Crippen molar-refractivity contribution in [3.8, 4) is 11.5 Å². The van der Waals surface area contributed by atoms with E-state index in [-0.39, 0.29) is 11.7 Å². The van der Waals surface area contributed by atoms with Crippen LogP contribution in [0.15, 0.2) is 28.0 Å². The largest absolute Gasteiger partial charge is 0.508 e. The number of phenols is 1. The molecule has 0 aliphatic heterocycles. The van der Waals surface area contributed by atoms with E-state index in [1.54, 1.807) is 25.3 Å². The number of aromatic hydroxyl groups is 1. The Balaban J connectivity index is 2.06. The van der Waals surface area contributed by atoms with E-state index >= 15 is 0 Å². The predicted octanol–water partition coefficient (Wildman–Crippen LogP) is 4.84. The summed E-state index contributed by atoms with van der Waals surface area (Å²) in [6.45, 7) is 3.97. The number of halogens is 1. The van der Waals surface area contributed by atoms with Crippen LogP contribution in [-0.2, 0) is 22.4 Å². The zero-order chi connectivity index (χ0) is 21.3. The van der Waals surface area contributed by atoms with E-state index in [1.807, 2.05) is 13.8 Å². The summed E-state index contributed by atoms with van der Waals surface area (Å²) in [7, 11) is 1.57. The molecule has 0 unspecified atom stereocenters. The van der Waals surface area contributed by atoms with E-state index in [9.17, 15) is 14.7 Å². The molecule has 3 rings (SSSR count). The fourth-order valence-corrected chi connectivity index (χ4v) is 5.13. The average Bonchev–Trinajstić information content (AvgIpc) is 3.14. The fraction of sp³-hybridized carbons (Fsp3) is 0.333. The van der Waals surface area contributed by atoms with E-state index in [4.69, 9.17) is 21.4 Å². The highest BCUT2D eigenvalue weighted by molar-refractivity contribution is 7.99. The number of fused-ring (bicyclic) bond motifs is 1. The van der Waals surface area contributed by atoms with E-state index in [0.717, 1.165) is 45.7 Å². The first kappa shape index (κ1) is 21.3. The van der Waals surface area contributed by atoms with Crippen molar-refractivity contribution in [1.82, 2.24) is 0 Å². The molecule has 2 aromatic carbocycles. The van der Waals surface area contributed by atoms with Gasteiger partial charge < -0.3 is 20.3 Å². The molecule has 1 aliphatic carbocycles. The van der Waals surface area contributed by atoms with Gasteiger partial charge in [-0.25, -0.2) is 4.79 Å². The van der Waals surface area contributed by atoms with Gasteiger partial charge in [0.25, 0.3) is 0 Å². The molecule has 29 heavy (non-hydrogen) atoms. The van der Waals surface area contributed by atoms with Gasteiger partial charge in [-0.2, -0.15) is 0 Å². The summed E-state index contributed by atoms with van der Waals surface area (Å²) < 4.78 is 5.61. The number of amides is 1. The number of rotatable bonds is 5. The number of ether oxygens (including phenoxy) is 1. The first-order valence-electron chi connectivity index (χ1n) is 9.20. The number of phenolic OH excluding ortho intramolecular Hbond substituents is 1. The number of carboxylic acid groups (broad SMARTS) is 1. The smallest absolute Gasteiger partial charge is 0.394 e. The SMILES string of the molecule is COc1c(Sc2c(Cl)cc(NC(=O)C(=O)O)c3c2CCC3)ccc(O)c1C(C)C. The zero-order valence-electron chi connectivity index (χ0n) is 16.3. The van der Waals surface area contributed by atoms with Gasteiger partial charge in [0, 0.05) is 16.1 Å². The van der Waals surface area contributed by atoms with Crippen molar-refractivity contribution in [2.24, 2.45) is 0 Å². The number of hydrogen-bond donors (Lipinski definition) is 3. The third-order valence-corrected chi connectivity index (χ3v) is 6.50. The standard InChI is InChI=1S/C21H22ClNO5S/c1-10(2)17-15(24)7-8-16(18(17)28-3)29-19-12-6-4-5-11(12)14(9-13(19)22)23-20(25)21(26)27/h7-10,24H,4-6H2,1-3H3,(H,23,25)(H,26,27). The summed E-state index contributed by atoms with van der Waals surface area (Å²) in [6, 6.07) is 5.05. The monoisotopic (exact) mass is 435 g/mol.